The summed E-state index contributed by atoms with van der Waals surface area (Å²) in [4.78, 5) is 10.9. The van der Waals surface area contributed by atoms with Gasteiger partial charge in [0, 0.05) is 16.0 Å². The molecule has 0 aliphatic carbocycles. The maximum absolute atomic E-state index is 10.9. The van der Waals surface area contributed by atoms with Crippen molar-refractivity contribution in [3.05, 3.63) is 28.2 Å². The first-order chi connectivity index (χ1) is 7.11. The van der Waals surface area contributed by atoms with Crippen LogP contribution in [-0.4, -0.2) is 17.7 Å². The third-order valence-corrected chi connectivity index (χ3v) is 3.49. The highest BCUT2D eigenvalue weighted by Crippen LogP contribution is 2.42. The van der Waals surface area contributed by atoms with E-state index < -0.39 is 11.9 Å². The van der Waals surface area contributed by atoms with Crippen LogP contribution in [0.25, 0.3) is 0 Å². The van der Waals surface area contributed by atoms with Gasteiger partial charge in [-0.3, -0.25) is 4.79 Å². The fraction of sp³-hybridized carbons (Fsp3) is 0.364. The second-order valence-electron chi connectivity index (χ2n) is 3.70. The number of halogens is 1. The number of carboxylic acid groups (broad SMARTS) is 1. The molecule has 2 atom stereocenters. The van der Waals surface area contributed by atoms with Crippen LogP contribution in [0.3, 0.4) is 0 Å². The van der Waals surface area contributed by atoms with Crippen molar-refractivity contribution >= 4 is 21.9 Å². The van der Waals surface area contributed by atoms with E-state index in [2.05, 4.69) is 15.9 Å². The predicted molar refractivity (Wildman–Crippen MR) is 59.2 cm³/mol. The van der Waals surface area contributed by atoms with Crippen molar-refractivity contribution in [2.75, 3.05) is 6.61 Å². The Labute approximate surface area is 96.2 Å². The zero-order chi connectivity index (χ0) is 11.0. The van der Waals surface area contributed by atoms with Crippen LogP contribution in [0, 0.1) is 5.92 Å². The molecule has 4 heteroatoms. The van der Waals surface area contributed by atoms with E-state index in [1.807, 2.05) is 18.2 Å². The van der Waals surface area contributed by atoms with Crippen LogP contribution < -0.4 is 4.74 Å². The highest BCUT2D eigenvalue weighted by Gasteiger charge is 2.34. The molecule has 1 aromatic carbocycles. The summed E-state index contributed by atoms with van der Waals surface area (Å²) < 4.78 is 6.40. The number of carbonyl (C=O) groups is 1. The predicted octanol–water partition coefficient (Wildman–Crippen LogP) is 2.65. The molecule has 80 valence electrons. The quantitative estimate of drug-likeness (QED) is 0.899. The maximum Gasteiger partial charge on any atom is 0.306 e. The Balaban J connectivity index is 2.39. The molecule has 0 radical (unpaired) electrons. The van der Waals surface area contributed by atoms with Crippen LogP contribution in [0.1, 0.15) is 18.4 Å². The van der Waals surface area contributed by atoms with Gasteiger partial charge in [0.2, 0.25) is 0 Å². The molecule has 1 aliphatic rings. The summed E-state index contributed by atoms with van der Waals surface area (Å²) in [5.74, 6) is -0.479. The SMILES string of the molecule is CC(C(=O)O)C1COc2cccc(Br)c21. The molecular formula is C11H11BrO3. The van der Waals surface area contributed by atoms with Gasteiger partial charge in [0.25, 0.3) is 0 Å². The minimum atomic E-state index is -0.785. The molecule has 1 N–H and O–H groups in total. The minimum Gasteiger partial charge on any atom is -0.493 e. The van der Waals surface area contributed by atoms with Crippen molar-refractivity contribution in [1.29, 1.82) is 0 Å². The summed E-state index contributed by atoms with van der Waals surface area (Å²) in [6, 6.07) is 5.67. The van der Waals surface area contributed by atoms with E-state index in [1.165, 1.54) is 0 Å². The summed E-state index contributed by atoms with van der Waals surface area (Å²) in [7, 11) is 0. The first kappa shape index (κ1) is 10.5. The Kier molecular flexibility index (Phi) is 2.69. The van der Waals surface area contributed by atoms with E-state index in [0.29, 0.717) is 6.61 Å². The van der Waals surface area contributed by atoms with E-state index >= 15 is 0 Å². The first-order valence-electron chi connectivity index (χ1n) is 4.75. The van der Waals surface area contributed by atoms with Crippen LogP contribution >= 0.6 is 15.9 Å². The molecule has 1 aliphatic heterocycles. The average Bonchev–Trinajstić information content (AvgIpc) is 2.61. The fourth-order valence-corrected chi connectivity index (χ4v) is 2.47. The second-order valence-corrected chi connectivity index (χ2v) is 4.55. The number of hydrogen-bond donors (Lipinski definition) is 1. The van der Waals surface area contributed by atoms with Crippen LogP contribution in [-0.2, 0) is 4.79 Å². The molecule has 1 aromatic rings. The highest BCUT2D eigenvalue weighted by atomic mass is 79.9. The molecule has 0 spiro atoms. The lowest BCUT2D eigenvalue weighted by Crippen LogP contribution is -2.20. The average molecular weight is 271 g/mol. The molecule has 1 heterocycles. The van der Waals surface area contributed by atoms with Crippen molar-refractivity contribution in [3.8, 4) is 5.75 Å². The largest absolute Gasteiger partial charge is 0.493 e. The van der Waals surface area contributed by atoms with Gasteiger partial charge in [-0.1, -0.05) is 28.9 Å². The summed E-state index contributed by atoms with van der Waals surface area (Å²) >= 11 is 3.43. The molecule has 15 heavy (non-hydrogen) atoms. The zero-order valence-corrected chi connectivity index (χ0v) is 9.82. The first-order valence-corrected chi connectivity index (χ1v) is 5.54. The Morgan fingerprint density at radius 3 is 3.07 bits per heavy atom. The number of hydrogen-bond acceptors (Lipinski definition) is 2. The lowest BCUT2D eigenvalue weighted by atomic mass is 9.89. The number of rotatable bonds is 2. The summed E-state index contributed by atoms with van der Waals surface area (Å²) in [6.45, 7) is 2.16. The molecule has 3 nitrogen and oxygen atoms in total. The molecule has 0 saturated heterocycles. The van der Waals surface area contributed by atoms with Crippen LogP contribution in [0.2, 0.25) is 0 Å². The molecule has 0 saturated carbocycles. The number of benzene rings is 1. The summed E-state index contributed by atoms with van der Waals surface area (Å²) in [6.07, 6.45) is 0. The number of ether oxygens (including phenoxy) is 1. The molecule has 0 aromatic heterocycles. The Bertz CT molecular complexity index is 403. The monoisotopic (exact) mass is 270 g/mol. The molecule has 0 amide bonds. The third-order valence-electron chi connectivity index (χ3n) is 2.80. The zero-order valence-electron chi connectivity index (χ0n) is 8.24. The van der Waals surface area contributed by atoms with Gasteiger partial charge in [-0.2, -0.15) is 0 Å². The molecule has 0 bridgehead atoms. The standard InChI is InChI=1S/C11H11BrO3/c1-6(11(13)14)7-5-15-9-4-2-3-8(12)10(7)9/h2-4,6-7H,5H2,1H3,(H,13,14). The van der Waals surface area contributed by atoms with Crippen molar-refractivity contribution < 1.29 is 14.6 Å². The van der Waals surface area contributed by atoms with Crippen molar-refractivity contribution in [2.24, 2.45) is 5.92 Å². The number of aliphatic carboxylic acids is 1. The smallest absolute Gasteiger partial charge is 0.306 e. The Morgan fingerprint density at radius 1 is 1.67 bits per heavy atom. The Morgan fingerprint density at radius 2 is 2.40 bits per heavy atom. The molecule has 2 unspecified atom stereocenters. The van der Waals surface area contributed by atoms with Crippen molar-refractivity contribution in [1.82, 2.24) is 0 Å². The van der Waals surface area contributed by atoms with Gasteiger partial charge in [0.15, 0.2) is 0 Å². The third kappa shape index (κ3) is 1.74. The molecule has 2 rings (SSSR count). The lowest BCUT2D eigenvalue weighted by Gasteiger charge is -2.14. The van der Waals surface area contributed by atoms with Crippen LogP contribution in [0.15, 0.2) is 22.7 Å². The maximum atomic E-state index is 10.9. The fourth-order valence-electron chi connectivity index (χ4n) is 1.83. The van der Waals surface area contributed by atoms with Gasteiger partial charge >= 0.3 is 5.97 Å². The topological polar surface area (TPSA) is 46.5 Å². The second kappa shape index (κ2) is 3.85. The molecule has 0 fully saturated rings. The van der Waals surface area contributed by atoms with Crippen LogP contribution in [0.5, 0.6) is 5.75 Å². The van der Waals surface area contributed by atoms with Gasteiger partial charge in [-0.05, 0) is 12.1 Å². The van der Waals surface area contributed by atoms with Crippen molar-refractivity contribution in [3.63, 3.8) is 0 Å². The summed E-state index contributed by atoms with van der Waals surface area (Å²) in [5, 5.41) is 8.99. The lowest BCUT2D eigenvalue weighted by molar-refractivity contribution is -0.142. The van der Waals surface area contributed by atoms with Gasteiger partial charge in [0.1, 0.15) is 5.75 Å². The van der Waals surface area contributed by atoms with Gasteiger partial charge < -0.3 is 9.84 Å². The summed E-state index contributed by atoms with van der Waals surface area (Å²) in [5.41, 5.74) is 0.979. The highest BCUT2D eigenvalue weighted by molar-refractivity contribution is 9.10. The van der Waals surface area contributed by atoms with Gasteiger partial charge in [0.05, 0.1) is 12.5 Å². The minimum absolute atomic E-state index is 0.0620. The van der Waals surface area contributed by atoms with Crippen LogP contribution in [0.4, 0.5) is 0 Å². The van der Waals surface area contributed by atoms with Gasteiger partial charge in [-0.15, -0.1) is 0 Å². The number of carboxylic acids is 1. The Hall–Kier alpha value is -1.03. The van der Waals surface area contributed by atoms with E-state index in [0.717, 1.165) is 15.8 Å². The van der Waals surface area contributed by atoms with Gasteiger partial charge in [-0.25, -0.2) is 0 Å². The van der Waals surface area contributed by atoms with E-state index in [1.54, 1.807) is 6.92 Å². The molecular weight excluding hydrogens is 260 g/mol. The van der Waals surface area contributed by atoms with E-state index in [-0.39, 0.29) is 5.92 Å². The van der Waals surface area contributed by atoms with Crippen molar-refractivity contribution in [2.45, 2.75) is 12.8 Å². The van der Waals surface area contributed by atoms with E-state index in [4.69, 9.17) is 9.84 Å². The number of fused-ring (bicyclic) bond motifs is 1. The normalized spacial score (nSPS) is 20.5. The van der Waals surface area contributed by atoms with E-state index in [9.17, 15) is 4.79 Å².